The predicted octanol–water partition coefficient (Wildman–Crippen LogP) is 4.68. The van der Waals surface area contributed by atoms with Crippen molar-refractivity contribution in [3.05, 3.63) is 84.2 Å². The maximum absolute atomic E-state index is 12.5. The molecule has 32 heavy (non-hydrogen) atoms. The maximum Gasteiger partial charge on any atom is 0.277 e. The maximum atomic E-state index is 12.5. The Labute approximate surface area is 186 Å². The van der Waals surface area contributed by atoms with Crippen LogP contribution in [-0.2, 0) is 0 Å². The van der Waals surface area contributed by atoms with Gasteiger partial charge in [-0.05, 0) is 42.6 Å². The number of benzene rings is 1. The molecule has 0 spiro atoms. The van der Waals surface area contributed by atoms with Gasteiger partial charge in [0.25, 0.3) is 5.91 Å². The minimum atomic E-state index is -0.339. The predicted molar refractivity (Wildman–Crippen MR) is 121 cm³/mol. The number of carbonyl (C=O) groups excluding carboxylic acids is 1. The number of nitrogens with one attached hydrogen (secondary N) is 2. The number of hydrogen-bond acceptors (Lipinski definition) is 8. The molecule has 0 saturated heterocycles. The Morgan fingerprint density at radius 1 is 1.06 bits per heavy atom. The van der Waals surface area contributed by atoms with Crippen LogP contribution in [0.25, 0.3) is 16.5 Å². The fourth-order valence-corrected chi connectivity index (χ4v) is 3.74. The van der Waals surface area contributed by atoms with Crippen molar-refractivity contribution in [2.24, 2.45) is 0 Å². The van der Waals surface area contributed by atoms with Gasteiger partial charge in [-0.2, -0.15) is 0 Å². The number of aromatic nitrogens is 5. The fraction of sp³-hybridized carbons (Fsp3) is 0.0455. The molecule has 4 heterocycles. The Bertz CT molecular complexity index is 1360. The van der Waals surface area contributed by atoms with Crippen molar-refractivity contribution in [1.29, 1.82) is 0 Å². The van der Waals surface area contributed by atoms with Gasteiger partial charge in [-0.1, -0.05) is 11.2 Å². The Balaban J connectivity index is 1.25. The first-order chi connectivity index (χ1) is 15.7. The largest absolute Gasteiger partial charge is 0.355 e. The van der Waals surface area contributed by atoms with Crippen molar-refractivity contribution < 1.29 is 9.32 Å². The summed E-state index contributed by atoms with van der Waals surface area (Å²) in [4.78, 5) is 26.2. The molecular weight excluding hydrogens is 426 g/mol. The highest BCUT2D eigenvalue weighted by Gasteiger charge is 2.14. The zero-order valence-electron chi connectivity index (χ0n) is 16.9. The highest BCUT2D eigenvalue weighted by atomic mass is 32.1. The summed E-state index contributed by atoms with van der Waals surface area (Å²) < 4.78 is 7.14. The number of anilines is 3. The number of carbonyl (C=O) groups is 1. The number of thiophene rings is 1. The lowest BCUT2D eigenvalue weighted by atomic mass is 10.2. The third-order valence-electron chi connectivity index (χ3n) is 4.65. The smallest absolute Gasteiger partial charge is 0.277 e. The number of hydrogen-bond donors (Lipinski definition) is 2. The van der Waals surface area contributed by atoms with Crippen molar-refractivity contribution in [2.45, 2.75) is 6.92 Å². The van der Waals surface area contributed by atoms with Crippen LogP contribution in [0, 0.1) is 6.92 Å². The van der Waals surface area contributed by atoms with E-state index >= 15 is 0 Å². The molecule has 0 aliphatic rings. The van der Waals surface area contributed by atoms with Crippen LogP contribution in [0.3, 0.4) is 0 Å². The zero-order valence-corrected chi connectivity index (χ0v) is 17.7. The zero-order chi connectivity index (χ0) is 21.9. The Kier molecular flexibility index (Phi) is 5.18. The fourth-order valence-electron chi connectivity index (χ4n) is 3.06. The summed E-state index contributed by atoms with van der Waals surface area (Å²) in [6.45, 7) is 1.91. The molecule has 158 valence electrons. The summed E-state index contributed by atoms with van der Waals surface area (Å²) >= 11 is 1.52. The van der Waals surface area contributed by atoms with Gasteiger partial charge in [-0.25, -0.2) is 15.0 Å². The molecule has 9 nitrogen and oxygen atoms in total. The number of amides is 1. The minimum absolute atomic E-state index is 0.221. The average molecular weight is 443 g/mol. The summed E-state index contributed by atoms with van der Waals surface area (Å²) in [5, 5.41) is 11.9. The van der Waals surface area contributed by atoms with E-state index in [0.29, 0.717) is 17.3 Å². The summed E-state index contributed by atoms with van der Waals surface area (Å²) in [5.41, 5.74) is 1.67. The van der Waals surface area contributed by atoms with Crippen LogP contribution >= 0.6 is 11.3 Å². The lowest BCUT2D eigenvalue weighted by molar-refractivity contribution is 0.101. The molecule has 5 aromatic rings. The monoisotopic (exact) mass is 443 g/mol. The number of aryl methyl sites for hydroxylation is 1. The molecule has 0 fully saturated rings. The molecule has 1 amide bonds. The number of imidazole rings is 1. The first-order valence-electron chi connectivity index (χ1n) is 9.67. The van der Waals surface area contributed by atoms with Crippen LogP contribution in [0.4, 0.5) is 17.2 Å². The van der Waals surface area contributed by atoms with Crippen LogP contribution in [0.5, 0.6) is 0 Å². The molecule has 0 bridgehead atoms. The Morgan fingerprint density at radius 3 is 2.66 bits per heavy atom. The molecule has 0 aliphatic heterocycles. The molecule has 0 radical (unpaired) electrons. The van der Waals surface area contributed by atoms with Crippen molar-refractivity contribution >= 4 is 34.4 Å². The highest BCUT2D eigenvalue weighted by molar-refractivity contribution is 7.13. The van der Waals surface area contributed by atoms with Crippen LogP contribution < -0.4 is 10.6 Å². The van der Waals surface area contributed by atoms with E-state index in [1.54, 1.807) is 24.4 Å². The van der Waals surface area contributed by atoms with E-state index in [-0.39, 0.29) is 11.6 Å². The van der Waals surface area contributed by atoms with Gasteiger partial charge < -0.3 is 15.2 Å². The quantitative estimate of drug-likeness (QED) is 0.392. The van der Waals surface area contributed by atoms with E-state index in [0.717, 1.165) is 22.2 Å². The second kappa shape index (κ2) is 8.44. The Morgan fingerprint density at radius 2 is 1.91 bits per heavy atom. The minimum Gasteiger partial charge on any atom is -0.355 e. The van der Waals surface area contributed by atoms with Gasteiger partial charge in [0.1, 0.15) is 23.8 Å². The normalized spacial score (nSPS) is 10.8. The van der Waals surface area contributed by atoms with Crippen LogP contribution in [0.15, 0.2) is 77.2 Å². The van der Waals surface area contributed by atoms with E-state index < -0.39 is 0 Å². The van der Waals surface area contributed by atoms with E-state index in [4.69, 9.17) is 4.52 Å². The van der Waals surface area contributed by atoms with E-state index in [1.807, 2.05) is 53.4 Å². The van der Waals surface area contributed by atoms with Gasteiger partial charge in [0.05, 0.1) is 4.88 Å². The molecular formula is C22H17N7O2S. The summed E-state index contributed by atoms with van der Waals surface area (Å²) in [6.07, 6.45) is 5.06. The lowest BCUT2D eigenvalue weighted by Crippen LogP contribution is -2.12. The molecule has 0 unspecified atom stereocenters. The van der Waals surface area contributed by atoms with Gasteiger partial charge in [-0.15, -0.1) is 11.3 Å². The number of nitrogens with zero attached hydrogens (tertiary/aromatic N) is 5. The average Bonchev–Trinajstić information content (AvgIpc) is 3.57. The molecule has 0 aliphatic carbocycles. The lowest BCUT2D eigenvalue weighted by Gasteiger charge is -2.09. The molecule has 4 aromatic heterocycles. The molecule has 1 aromatic carbocycles. The summed E-state index contributed by atoms with van der Waals surface area (Å²) in [5.74, 6) is 2.43. The molecule has 5 rings (SSSR count). The second-order valence-corrected chi connectivity index (χ2v) is 7.76. The van der Waals surface area contributed by atoms with Gasteiger partial charge >= 0.3 is 0 Å². The molecule has 10 heteroatoms. The first kappa shape index (κ1) is 19.6. The van der Waals surface area contributed by atoms with Crippen LogP contribution in [-0.4, -0.2) is 30.6 Å². The number of rotatable bonds is 6. The van der Waals surface area contributed by atoms with Crippen molar-refractivity contribution in [2.75, 3.05) is 10.6 Å². The standard InChI is InChI=1S/C22H17N7O2S/c1-14-23-8-9-29(14)21-12-20(24-13-25-21)26-15-4-6-16(7-5-15)27-22(30)17-11-18(31-28-17)19-3-2-10-32-19/h2-13H,1H3,(H,27,30)(H,24,25,26). The van der Waals surface area contributed by atoms with Gasteiger partial charge in [0.15, 0.2) is 11.5 Å². The summed E-state index contributed by atoms with van der Waals surface area (Å²) in [6, 6.07) is 14.6. The Hall–Kier alpha value is -4.31. The topological polar surface area (TPSA) is 111 Å². The van der Waals surface area contributed by atoms with E-state index in [9.17, 15) is 4.79 Å². The third kappa shape index (κ3) is 4.12. The van der Waals surface area contributed by atoms with Gasteiger partial charge in [-0.3, -0.25) is 9.36 Å². The second-order valence-electron chi connectivity index (χ2n) is 6.82. The highest BCUT2D eigenvalue weighted by Crippen LogP contribution is 2.25. The first-order valence-corrected chi connectivity index (χ1v) is 10.5. The van der Waals surface area contributed by atoms with Crippen LogP contribution in [0.1, 0.15) is 16.3 Å². The van der Waals surface area contributed by atoms with Crippen LogP contribution in [0.2, 0.25) is 0 Å². The van der Waals surface area contributed by atoms with E-state index in [2.05, 4.69) is 30.7 Å². The van der Waals surface area contributed by atoms with Crippen molar-refractivity contribution in [3.63, 3.8) is 0 Å². The van der Waals surface area contributed by atoms with E-state index in [1.165, 1.54) is 17.7 Å². The van der Waals surface area contributed by atoms with Gasteiger partial charge in [0, 0.05) is 35.9 Å². The summed E-state index contributed by atoms with van der Waals surface area (Å²) in [7, 11) is 0. The molecule has 2 N–H and O–H groups in total. The third-order valence-corrected chi connectivity index (χ3v) is 5.53. The molecule has 0 atom stereocenters. The van der Waals surface area contributed by atoms with Gasteiger partial charge in [0.2, 0.25) is 0 Å². The van der Waals surface area contributed by atoms with Crippen molar-refractivity contribution in [1.82, 2.24) is 24.7 Å². The van der Waals surface area contributed by atoms with Crippen molar-refractivity contribution in [3.8, 4) is 16.5 Å². The SMILES string of the molecule is Cc1nccn1-c1cc(Nc2ccc(NC(=O)c3cc(-c4cccs4)on3)cc2)ncn1. The molecule has 0 saturated carbocycles.